The second-order valence-corrected chi connectivity index (χ2v) is 6.50. The van der Waals surface area contributed by atoms with Crippen molar-refractivity contribution < 1.29 is 0 Å². The van der Waals surface area contributed by atoms with Crippen LogP contribution in [0.1, 0.15) is 31.9 Å². The SMILES string of the molecule is C=C(C)Cc1ccccc1C(=C)Nc1ccc(N)cc1.C=CC(C)C. The predicted molar refractivity (Wildman–Crippen MR) is 114 cm³/mol. The molecule has 132 valence electrons. The Hall–Kier alpha value is -2.74. The van der Waals surface area contributed by atoms with Crippen molar-refractivity contribution >= 4 is 17.1 Å². The number of nitrogen functional groups attached to an aromatic ring is 1. The summed E-state index contributed by atoms with van der Waals surface area (Å²) in [5.74, 6) is 0.648. The van der Waals surface area contributed by atoms with Gasteiger partial charge in [-0.2, -0.15) is 0 Å². The average molecular weight is 335 g/mol. The maximum Gasteiger partial charge on any atom is 0.0387 e. The summed E-state index contributed by atoms with van der Waals surface area (Å²) in [4.78, 5) is 0. The highest BCUT2D eigenvalue weighted by molar-refractivity contribution is 5.77. The number of hydrogen-bond donors (Lipinski definition) is 2. The van der Waals surface area contributed by atoms with Crippen molar-refractivity contribution in [2.75, 3.05) is 11.1 Å². The van der Waals surface area contributed by atoms with E-state index in [-0.39, 0.29) is 0 Å². The quantitative estimate of drug-likeness (QED) is 0.480. The molecule has 0 amide bonds. The molecule has 0 radical (unpaired) electrons. The molecule has 0 bridgehead atoms. The lowest BCUT2D eigenvalue weighted by Crippen LogP contribution is -2.01. The van der Waals surface area contributed by atoms with Crippen molar-refractivity contribution in [1.29, 1.82) is 0 Å². The third kappa shape index (κ3) is 7.58. The summed E-state index contributed by atoms with van der Waals surface area (Å²) in [6, 6.07) is 15.9. The van der Waals surface area contributed by atoms with Crippen molar-refractivity contribution in [2.24, 2.45) is 5.92 Å². The van der Waals surface area contributed by atoms with Gasteiger partial charge in [0.05, 0.1) is 0 Å². The Morgan fingerprint density at radius 3 is 2.16 bits per heavy atom. The molecule has 0 saturated carbocycles. The lowest BCUT2D eigenvalue weighted by atomic mass is 9.99. The molecule has 0 unspecified atom stereocenters. The van der Waals surface area contributed by atoms with Crippen LogP contribution in [0.5, 0.6) is 0 Å². The first-order valence-electron chi connectivity index (χ1n) is 8.50. The molecular formula is C23H30N2. The van der Waals surface area contributed by atoms with E-state index in [1.54, 1.807) is 0 Å². The zero-order valence-corrected chi connectivity index (χ0v) is 15.7. The maximum absolute atomic E-state index is 5.69. The van der Waals surface area contributed by atoms with Crippen molar-refractivity contribution in [3.8, 4) is 0 Å². The molecule has 0 aromatic heterocycles. The van der Waals surface area contributed by atoms with Gasteiger partial charge < -0.3 is 11.1 Å². The molecule has 0 saturated heterocycles. The lowest BCUT2D eigenvalue weighted by Gasteiger charge is -2.14. The standard InChI is InChI=1S/C18H20N2.C5H10/c1-13(2)12-15-6-4-5-7-18(15)14(3)20-17-10-8-16(19)9-11-17;1-4-5(2)3/h4-11,20H,1,3,12,19H2,2H3;4-5H,1H2,2-3H3. The van der Waals surface area contributed by atoms with Crippen LogP contribution < -0.4 is 11.1 Å². The van der Waals surface area contributed by atoms with Crippen molar-refractivity contribution in [1.82, 2.24) is 0 Å². The number of allylic oxidation sites excluding steroid dienone is 2. The first kappa shape index (κ1) is 20.3. The predicted octanol–water partition coefficient (Wildman–Crippen LogP) is 6.30. The molecule has 3 N–H and O–H groups in total. The molecule has 0 aliphatic rings. The van der Waals surface area contributed by atoms with Gasteiger partial charge in [0.2, 0.25) is 0 Å². The summed E-state index contributed by atoms with van der Waals surface area (Å²) in [5.41, 5.74) is 11.8. The molecule has 0 aliphatic heterocycles. The number of nitrogens with one attached hydrogen (secondary N) is 1. The third-order valence-corrected chi connectivity index (χ3v) is 3.51. The van der Waals surface area contributed by atoms with Crippen LogP contribution in [0, 0.1) is 5.92 Å². The van der Waals surface area contributed by atoms with E-state index in [1.807, 2.05) is 49.4 Å². The average Bonchev–Trinajstić information content (AvgIpc) is 2.57. The minimum atomic E-state index is 0.648. The summed E-state index contributed by atoms with van der Waals surface area (Å²) in [6.07, 6.45) is 2.78. The number of rotatable bonds is 6. The van der Waals surface area contributed by atoms with Gasteiger partial charge >= 0.3 is 0 Å². The normalized spacial score (nSPS) is 9.76. The van der Waals surface area contributed by atoms with E-state index in [2.05, 4.69) is 51.0 Å². The van der Waals surface area contributed by atoms with Crippen LogP contribution in [0.4, 0.5) is 11.4 Å². The Morgan fingerprint density at radius 2 is 1.64 bits per heavy atom. The molecule has 0 spiro atoms. The van der Waals surface area contributed by atoms with Crippen LogP contribution in [0.2, 0.25) is 0 Å². The number of nitrogens with two attached hydrogens (primary N) is 1. The largest absolute Gasteiger partial charge is 0.399 e. The van der Waals surface area contributed by atoms with Crippen molar-refractivity contribution in [2.45, 2.75) is 27.2 Å². The molecule has 2 rings (SSSR count). The fourth-order valence-corrected chi connectivity index (χ4v) is 2.10. The summed E-state index contributed by atoms with van der Waals surface area (Å²) < 4.78 is 0. The molecule has 2 aromatic carbocycles. The highest BCUT2D eigenvalue weighted by Crippen LogP contribution is 2.22. The summed E-state index contributed by atoms with van der Waals surface area (Å²) in [7, 11) is 0. The van der Waals surface area contributed by atoms with Crippen molar-refractivity contribution in [3.05, 3.63) is 91.0 Å². The van der Waals surface area contributed by atoms with Gasteiger partial charge in [0.15, 0.2) is 0 Å². The van der Waals surface area contributed by atoms with Gasteiger partial charge in [-0.25, -0.2) is 0 Å². The van der Waals surface area contributed by atoms with Gasteiger partial charge in [-0.3, -0.25) is 0 Å². The van der Waals surface area contributed by atoms with E-state index in [4.69, 9.17) is 5.73 Å². The van der Waals surface area contributed by atoms with Gasteiger partial charge in [0.1, 0.15) is 0 Å². The van der Waals surface area contributed by atoms with E-state index in [0.717, 1.165) is 34.6 Å². The Morgan fingerprint density at radius 1 is 1.08 bits per heavy atom. The first-order chi connectivity index (χ1) is 11.8. The zero-order valence-electron chi connectivity index (χ0n) is 15.7. The molecule has 2 heteroatoms. The topological polar surface area (TPSA) is 38.0 Å². The molecule has 0 fully saturated rings. The zero-order chi connectivity index (χ0) is 18.8. The minimum absolute atomic E-state index is 0.648. The molecule has 2 aromatic rings. The Kier molecular flexibility index (Phi) is 8.28. The van der Waals surface area contributed by atoms with E-state index < -0.39 is 0 Å². The van der Waals surface area contributed by atoms with Crippen LogP contribution in [0.25, 0.3) is 5.70 Å². The highest BCUT2D eigenvalue weighted by atomic mass is 14.9. The van der Waals surface area contributed by atoms with Crippen LogP contribution in [0.3, 0.4) is 0 Å². The molecule has 0 aliphatic carbocycles. The van der Waals surface area contributed by atoms with Crippen LogP contribution in [-0.4, -0.2) is 0 Å². The summed E-state index contributed by atoms with van der Waals surface area (Å²) >= 11 is 0. The van der Waals surface area contributed by atoms with E-state index in [9.17, 15) is 0 Å². The van der Waals surface area contributed by atoms with Gasteiger partial charge in [0, 0.05) is 22.6 Å². The minimum Gasteiger partial charge on any atom is -0.399 e. The Bertz CT molecular complexity index is 709. The monoisotopic (exact) mass is 334 g/mol. The summed E-state index contributed by atoms with van der Waals surface area (Å²) in [5, 5.41) is 3.32. The van der Waals surface area contributed by atoms with E-state index in [1.165, 1.54) is 5.56 Å². The van der Waals surface area contributed by atoms with Gasteiger partial charge in [-0.05, 0) is 49.1 Å². The molecule has 2 nitrogen and oxygen atoms in total. The third-order valence-electron chi connectivity index (χ3n) is 3.51. The maximum atomic E-state index is 5.69. The van der Waals surface area contributed by atoms with Gasteiger partial charge in [0.25, 0.3) is 0 Å². The highest BCUT2D eigenvalue weighted by Gasteiger charge is 2.06. The molecule has 0 heterocycles. The Balaban J connectivity index is 0.000000550. The van der Waals surface area contributed by atoms with E-state index >= 15 is 0 Å². The fourth-order valence-electron chi connectivity index (χ4n) is 2.10. The smallest absolute Gasteiger partial charge is 0.0387 e. The van der Waals surface area contributed by atoms with Gasteiger partial charge in [-0.15, -0.1) is 6.58 Å². The Labute approximate surface area is 152 Å². The molecule has 0 atom stereocenters. The second kappa shape index (κ2) is 10.2. The molecular weight excluding hydrogens is 304 g/mol. The number of anilines is 2. The lowest BCUT2D eigenvalue weighted by molar-refractivity contribution is 0.835. The van der Waals surface area contributed by atoms with Crippen LogP contribution in [0.15, 0.2) is 79.9 Å². The molecule has 25 heavy (non-hydrogen) atoms. The first-order valence-corrected chi connectivity index (χ1v) is 8.50. The van der Waals surface area contributed by atoms with Crippen LogP contribution >= 0.6 is 0 Å². The number of hydrogen-bond acceptors (Lipinski definition) is 2. The van der Waals surface area contributed by atoms with Crippen LogP contribution in [-0.2, 0) is 6.42 Å². The fraction of sp³-hybridized carbons (Fsp3) is 0.217. The second-order valence-electron chi connectivity index (χ2n) is 6.50. The number of benzene rings is 2. The van der Waals surface area contributed by atoms with Crippen molar-refractivity contribution in [3.63, 3.8) is 0 Å². The summed E-state index contributed by atoms with van der Waals surface area (Å²) in [6.45, 7) is 17.9. The van der Waals surface area contributed by atoms with E-state index in [0.29, 0.717) is 5.92 Å². The van der Waals surface area contributed by atoms with Gasteiger partial charge in [-0.1, -0.05) is 62.9 Å².